The molecule has 0 rings (SSSR count). The summed E-state index contributed by atoms with van der Waals surface area (Å²) in [5.74, 6) is 0. The molecular weight excluding hydrogens is 76.1 g/mol. The molecule has 0 aliphatic carbocycles. The molecule has 2 heteroatoms. The first-order valence-electron chi connectivity index (χ1n) is 2.25. The minimum Gasteiger partial charge on any atom is -0.195 e. The van der Waals surface area contributed by atoms with Gasteiger partial charge in [-0.05, 0) is 13.8 Å². The van der Waals surface area contributed by atoms with Gasteiger partial charge in [-0.25, -0.2) is 0 Å². The maximum absolute atomic E-state index is 3.72. The third kappa shape index (κ3) is 3.60. The van der Waals surface area contributed by atoms with Gasteiger partial charge in [0.25, 0.3) is 0 Å². The Balaban J connectivity index is 2.73. The van der Waals surface area contributed by atoms with Gasteiger partial charge < -0.3 is 0 Å². The van der Waals surface area contributed by atoms with Crippen LogP contribution in [0.25, 0.3) is 0 Å². The summed E-state index contributed by atoms with van der Waals surface area (Å²) >= 11 is 0. The molecule has 0 bridgehead atoms. The Morgan fingerprint density at radius 1 is 1.00 bits per heavy atom. The lowest BCUT2D eigenvalue weighted by Crippen LogP contribution is -1.65. The van der Waals surface area contributed by atoms with E-state index in [-0.39, 0.29) is 0 Å². The quantitative estimate of drug-likeness (QED) is 0.455. The second-order valence-corrected chi connectivity index (χ2v) is 0.915. The van der Waals surface area contributed by atoms with Crippen LogP contribution in [-0.4, -0.2) is 13.1 Å². The fourth-order valence-corrected chi connectivity index (χ4v) is 0.200. The van der Waals surface area contributed by atoms with E-state index in [1.807, 2.05) is 13.8 Å². The van der Waals surface area contributed by atoms with Crippen molar-refractivity contribution in [2.75, 3.05) is 13.1 Å². The summed E-state index contributed by atoms with van der Waals surface area (Å²) in [6.07, 6.45) is 0. The summed E-state index contributed by atoms with van der Waals surface area (Å²) in [5.41, 5.74) is 0. The molecule has 36 valence electrons. The Hall–Kier alpha value is -0.400. The van der Waals surface area contributed by atoms with E-state index in [1.54, 1.807) is 0 Å². The van der Waals surface area contributed by atoms with Crippen molar-refractivity contribution in [3.8, 4) is 0 Å². The van der Waals surface area contributed by atoms with Crippen LogP contribution in [-0.2, 0) is 0 Å². The maximum Gasteiger partial charge on any atom is 0.0570 e. The van der Waals surface area contributed by atoms with Crippen molar-refractivity contribution in [2.45, 2.75) is 13.8 Å². The molecule has 0 aromatic carbocycles. The minimum absolute atomic E-state index is 0.813. The van der Waals surface area contributed by atoms with E-state index >= 15 is 0 Å². The Morgan fingerprint density at radius 2 is 1.33 bits per heavy atom. The van der Waals surface area contributed by atoms with Crippen molar-refractivity contribution >= 4 is 0 Å². The van der Waals surface area contributed by atoms with Crippen molar-refractivity contribution < 1.29 is 0 Å². The number of rotatable bonds is 2. The second kappa shape index (κ2) is 4.60. The predicted octanol–water partition coefficient (Wildman–Crippen LogP) is 1.48. The highest BCUT2D eigenvalue weighted by Crippen LogP contribution is 1.69. The molecule has 0 fully saturated rings. The lowest BCUT2D eigenvalue weighted by atomic mass is 10.8. The van der Waals surface area contributed by atoms with Gasteiger partial charge in [-0.2, -0.15) is 10.2 Å². The predicted molar refractivity (Wildman–Crippen MR) is 25.9 cm³/mol. The molecule has 0 aromatic rings. The SMILES string of the molecule is CC/N=N\CC. The lowest BCUT2D eigenvalue weighted by Gasteiger charge is -1.73. The summed E-state index contributed by atoms with van der Waals surface area (Å²) in [5, 5.41) is 7.43. The first kappa shape index (κ1) is 5.60. The van der Waals surface area contributed by atoms with Crippen LogP contribution in [0.5, 0.6) is 0 Å². The van der Waals surface area contributed by atoms with E-state index in [0.717, 1.165) is 13.1 Å². The topological polar surface area (TPSA) is 24.7 Å². The summed E-state index contributed by atoms with van der Waals surface area (Å²) in [6, 6.07) is 0. The van der Waals surface area contributed by atoms with Crippen molar-refractivity contribution in [3.63, 3.8) is 0 Å². The molecule has 0 N–H and O–H groups in total. The highest BCUT2D eigenvalue weighted by molar-refractivity contribution is 4.24. The minimum atomic E-state index is 0.813. The first-order valence-corrected chi connectivity index (χ1v) is 2.25. The average Bonchev–Trinajstić information content (AvgIpc) is 1.61. The highest BCUT2D eigenvalue weighted by atomic mass is 15.1. The Labute approximate surface area is 38.3 Å². The van der Waals surface area contributed by atoms with Crippen molar-refractivity contribution in [1.29, 1.82) is 0 Å². The number of nitrogens with zero attached hydrogens (tertiary/aromatic N) is 2. The molecule has 0 unspecified atom stereocenters. The zero-order valence-corrected chi connectivity index (χ0v) is 4.31. The highest BCUT2D eigenvalue weighted by Gasteiger charge is 1.60. The van der Waals surface area contributed by atoms with Crippen molar-refractivity contribution in [1.82, 2.24) is 0 Å². The third-order valence-corrected chi connectivity index (χ3v) is 0.383. The van der Waals surface area contributed by atoms with Gasteiger partial charge in [-0.3, -0.25) is 0 Å². The average molecular weight is 86.1 g/mol. The van der Waals surface area contributed by atoms with Crippen LogP contribution < -0.4 is 0 Å². The summed E-state index contributed by atoms with van der Waals surface area (Å²) in [6.45, 7) is 5.57. The van der Waals surface area contributed by atoms with E-state index in [0.29, 0.717) is 0 Å². The van der Waals surface area contributed by atoms with E-state index < -0.39 is 0 Å². The van der Waals surface area contributed by atoms with Crippen molar-refractivity contribution in [3.05, 3.63) is 0 Å². The van der Waals surface area contributed by atoms with E-state index in [9.17, 15) is 0 Å². The number of hydrogen-bond acceptors (Lipinski definition) is 2. The van der Waals surface area contributed by atoms with Crippen LogP contribution in [0.1, 0.15) is 13.8 Å². The standard InChI is InChI=1S/C4H10N2/c1-3-5-6-4-2/h3-4H2,1-2H3/b6-5-. The molecule has 0 saturated carbocycles. The van der Waals surface area contributed by atoms with Gasteiger partial charge in [0.2, 0.25) is 0 Å². The van der Waals surface area contributed by atoms with Gasteiger partial charge in [0.05, 0.1) is 13.1 Å². The van der Waals surface area contributed by atoms with Crippen LogP contribution >= 0.6 is 0 Å². The van der Waals surface area contributed by atoms with E-state index in [2.05, 4.69) is 10.2 Å². The van der Waals surface area contributed by atoms with Crippen LogP contribution in [0.4, 0.5) is 0 Å². The van der Waals surface area contributed by atoms with Crippen molar-refractivity contribution in [2.24, 2.45) is 10.2 Å². The van der Waals surface area contributed by atoms with Gasteiger partial charge in [0, 0.05) is 0 Å². The molecule has 0 aliphatic rings. The Morgan fingerprint density at radius 3 is 1.50 bits per heavy atom. The zero-order valence-electron chi connectivity index (χ0n) is 4.31. The number of hydrogen-bond donors (Lipinski definition) is 0. The second-order valence-electron chi connectivity index (χ2n) is 0.915. The number of azo groups is 1. The maximum atomic E-state index is 3.72. The lowest BCUT2D eigenvalue weighted by molar-refractivity contribution is 0.905. The molecule has 0 spiro atoms. The zero-order chi connectivity index (χ0) is 4.83. The van der Waals surface area contributed by atoms with Crippen LogP contribution in [0.2, 0.25) is 0 Å². The molecule has 0 saturated heterocycles. The molecule has 0 aromatic heterocycles. The fourth-order valence-electron chi connectivity index (χ4n) is 0.200. The van der Waals surface area contributed by atoms with Gasteiger partial charge >= 0.3 is 0 Å². The Kier molecular flexibility index (Phi) is 4.29. The van der Waals surface area contributed by atoms with E-state index in [4.69, 9.17) is 0 Å². The summed E-state index contributed by atoms with van der Waals surface area (Å²) < 4.78 is 0. The monoisotopic (exact) mass is 86.1 g/mol. The van der Waals surface area contributed by atoms with Gasteiger partial charge in [0.15, 0.2) is 0 Å². The molecule has 2 nitrogen and oxygen atoms in total. The summed E-state index contributed by atoms with van der Waals surface area (Å²) in [7, 11) is 0. The van der Waals surface area contributed by atoms with Gasteiger partial charge in [-0.1, -0.05) is 0 Å². The molecular formula is C4H10N2. The fraction of sp³-hybridized carbons (Fsp3) is 1.00. The normalized spacial score (nSPS) is 10.3. The molecule has 0 aliphatic heterocycles. The summed E-state index contributed by atoms with van der Waals surface area (Å²) in [4.78, 5) is 0. The third-order valence-electron chi connectivity index (χ3n) is 0.383. The van der Waals surface area contributed by atoms with E-state index in [1.165, 1.54) is 0 Å². The van der Waals surface area contributed by atoms with Crippen LogP contribution in [0, 0.1) is 0 Å². The molecule has 0 heterocycles. The van der Waals surface area contributed by atoms with Crippen LogP contribution in [0.15, 0.2) is 10.2 Å². The van der Waals surface area contributed by atoms with Crippen LogP contribution in [0.3, 0.4) is 0 Å². The molecule has 0 atom stereocenters. The molecule has 0 radical (unpaired) electrons. The molecule has 6 heavy (non-hydrogen) atoms. The molecule has 0 amide bonds. The smallest absolute Gasteiger partial charge is 0.0570 e. The first-order chi connectivity index (χ1) is 2.91. The Bertz CT molecular complexity index is 34.8. The van der Waals surface area contributed by atoms with Gasteiger partial charge in [-0.15, -0.1) is 0 Å². The van der Waals surface area contributed by atoms with Gasteiger partial charge in [0.1, 0.15) is 0 Å². The largest absolute Gasteiger partial charge is 0.195 e.